The number of carbonyl (C=O) groups excluding carboxylic acids is 4. The van der Waals surface area contributed by atoms with Gasteiger partial charge in [-0.2, -0.15) is 0 Å². The molecule has 5 atom stereocenters. The van der Waals surface area contributed by atoms with Crippen LogP contribution in [-0.2, 0) is 42.0 Å². The first-order valence-corrected chi connectivity index (χ1v) is 21.8. The van der Waals surface area contributed by atoms with E-state index in [0.717, 1.165) is 35.7 Å². The summed E-state index contributed by atoms with van der Waals surface area (Å²) in [6.45, 7) is 10.9. The van der Waals surface area contributed by atoms with Crippen LogP contribution in [0, 0.1) is 12.8 Å². The number of ether oxygens (including phenoxy) is 2. The number of allylic oxidation sites excluding steroid dienone is 1. The van der Waals surface area contributed by atoms with Gasteiger partial charge in [-0.3, -0.25) is 19.1 Å². The van der Waals surface area contributed by atoms with Gasteiger partial charge < -0.3 is 25.0 Å². The molecule has 2 saturated carbocycles. The van der Waals surface area contributed by atoms with Gasteiger partial charge in [-0.25, -0.2) is 18.2 Å². The van der Waals surface area contributed by atoms with E-state index < -0.39 is 73.3 Å². The lowest BCUT2D eigenvalue weighted by atomic mass is 9.65. The maximum absolute atomic E-state index is 14.8. The fraction of sp³-hybridized carbons (Fsp3) is 0.643. The van der Waals surface area contributed by atoms with Crippen molar-refractivity contribution in [1.82, 2.24) is 25.2 Å². The van der Waals surface area contributed by atoms with Gasteiger partial charge in [0.1, 0.15) is 34.6 Å². The van der Waals surface area contributed by atoms with Crippen LogP contribution in [0.1, 0.15) is 122 Å². The first-order chi connectivity index (χ1) is 26.4. The maximum atomic E-state index is 14.8. The third kappa shape index (κ3) is 7.61. The number of amides is 4. The minimum atomic E-state index is -4.00. The SMILES string of the molecule is CCc1ccc2nc(C)c3c(c2c1)CC[C@]1(C[C@H]2C(=O)N[C@]4(C(=O)NS(=O)(=O)C5(C)CC5)CC[C@H]4/C=C\CCCCC[C@H](NC(=O)OC(C)(C)C)C(=O)N2C1)O3. The molecule has 5 aliphatic rings. The van der Waals surface area contributed by atoms with Gasteiger partial charge >= 0.3 is 6.09 Å². The number of aromatic nitrogens is 1. The Hall–Kier alpha value is -4.20. The van der Waals surface area contributed by atoms with Crippen LogP contribution < -0.4 is 20.1 Å². The van der Waals surface area contributed by atoms with Gasteiger partial charge in [-0.1, -0.05) is 38.0 Å². The van der Waals surface area contributed by atoms with Crippen molar-refractivity contribution in [3.8, 4) is 5.75 Å². The summed E-state index contributed by atoms with van der Waals surface area (Å²) >= 11 is 0. The van der Waals surface area contributed by atoms with Gasteiger partial charge in [0.05, 0.1) is 22.5 Å². The zero-order chi connectivity index (χ0) is 40.3. The van der Waals surface area contributed by atoms with Gasteiger partial charge in [-0.05, 0) is 117 Å². The number of fused-ring (bicyclic) bond motifs is 5. The summed E-state index contributed by atoms with van der Waals surface area (Å²) in [7, 11) is -4.00. The average molecular weight is 792 g/mol. The van der Waals surface area contributed by atoms with Crippen molar-refractivity contribution >= 4 is 44.7 Å². The van der Waals surface area contributed by atoms with Crippen LogP contribution in [0.2, 0.25) is 0 Å². The van der Waals surface area contributed by atoms with Crippen LogP contribution >= 0.6 is 0 Å². The lowest BCUT2D eigenvalue weighted by Gasteiger charge is -2.48. The molecule has 1 aromatic carbocycles. The van der Waals surface area contributed by atoms with E-state index in [2.05, 4.69) is 34.4 Å². The molecule has 3 fully saturated rings. The topological polar surface area (TPSA) is 173 Å². The highest BCUT2D eigenvalue weighted by Crippen LogP contribution is 2.47. The molecule has 4 amide bonds. The maximum Gasteiger partial charge on any atom is 0.408 e. The second-order valence-electron chi connectivity index (χ2n) is 17.9. The predicted molar refractivity (Wildman–Crippen MR) is 211 cm³/mol. The number of nitrogens with one attached hydrogen (secondary N) is 3. The molecule has 0 bridgehead atoms. The Morgan fingerprint density at radius 1 is 1.09 bits per heavy atom. The minimum Gasteiger partial charge on any atom is -0.483 e. The molecule has 1 aromatic heterocycles. The van der Waals surface area contributed by atoms with Crippen LogP contribution in [0.25, 0.3) is 10.9 Å². The van der Waals surface area contributed by atoms with Crippen molar-refractivity contribution in [2.45, 2.75) is 159 Å². The average Bonchev–Trinajstić information content (AvgIpc) is 3.79. The summed E-state index contributed by atoms with van der Waals surface area (Å²) in [6.07, 6.45) is 10.3. The summed E-state index contributed by atoms with van der Waals surface area (Å²) in [5, 5.41) is 6.86. The second-order valence-corrected chi connectivity index (χ2v) is 20.1. The summed E-state index contributed by atoms with van der Waals surface area (Å²) in [6, 6.07) is 4.21. The van der Waals surface area contributed by atoms with Crippen LogP contribution in [0.5, 0.6) is 5.75 Å². The van der Waals surface area contributed by atoms with Crippen LogP contribution in [0.3, 0.4) is 0 Å². The van der Waals surface area contributed by atoms with Crippen molar-refractivity contribution in [3.05, 3.63) is 47.2 Å². The minimum absolute atomic E-state index is 0.0671. The van der Waals surface area contributed by atoms with Gasteiger partial charge in [0.15, 0.2) is 0 Å². The standard InChI is InChI=1S/C42H57N5O8S/c1-7-27-15-16-31-30(23-27)29-18-19-41(54-34(29)26(2)43-31)24-33-35(48)45-42(37(50)46-56(52,53)40(6)21-22-40)20-17-28(42)13-11-9-8-10-12-14-32(36(49)47(33)25-41)44-38(51)55-39(3,4)5/h11,13,15-16,23,28,32-33H,7-10,12,14,17-22,24-25H2,1-6H3,(H,44,51)(H,45,48)(H,46,50)/b13-11-/t28-,32+,33+,41-,42-/m1/s1. The number of benzene rings is 1. The molecular formula is C42H57N5O8S. The van der Waals surface area contributed by atoms with Crippen LogP contribution in [0.15, 0.2) is 30.4 Å². The molecule has 1 saturated heterocycles. The fourth-order valence-corrected chi connectivity index (χ4v) is 10.1. The molecule has 3 N–H and O–H groups in total. The van der Waals surface area contributed by atoms with E-state index in [9.17, 15) is 27.6 Å². The predicted octanol–water partition coefficient (Wildman–Crippen LogP) is 5.45. The molecule has 0 unspecified atom stereocenters. The van der Waals surface area contributed by atoms with E-state index >= 15 is 0 Å². The lowest BCUT2D eigenvalue weighted by Crippen LogP contribution is -2.70. The summed E-state index contributed by atoms with van der Waals surface area (Å²) in [5.74, 6) is -1.56. The molecule has 2 aliphatic carbocycles. The molecule has 7 rings (SSSR count). The number of rotatable bonds is 5. The van der Waals surface area contributed by atoms with Crippen molar-refractivity contribution < 1.29 is 37.1 Å². The van der Waals surface area contributed by atoms with E-state index in [4.69, 9.17) is 14.5 Å². The molecule has 1 spiro atoms. The highest BCUT2D eigenvalue weighted by atomic mass is 32.2. The van der Waals surface area contributed by atoms with E-state index in [1.807, 2.05) is 25.1 Å². The Morgan fingerprint density at radius 2 is 1.86 bits per heavy atom. The Balaban J connectivity index is 1.25. The first kappa shape index (κ1) is 40.0. The number of carbonyl (C=O) groups is 4. The Kier molecular flexibility index (Phi) is 10.5. The molecule has 4 heterocycles. The van der Waals surface area contributed by atoms with Crippen LogP contribution in [-0.4, -0.2) is 82.2 Å². The van der Waals surface area contributed by atoms with Crippen molar-refractivity contribution in [2.24, 2.45) is 5.92 Å². The largest absolute Gasteiger partial charge is 0.483 e. The quantitative estimate of drug-likeness (QED) is 0.333. The van der Waals surface area contributed by atoms with Crippen molar-refractivity contribution in [2.75, 3.05) is 6.54 Å². The van der Waals surface area contributed by atoms with Crippen LogP contribution in [0.4, 0.5) is 4.79 Å². The molecule has 2 aromatic rings. The Labute approximate surface area is 330 Å². The summed E-state index contributed by atoms with van der Waals surface area (Å²) < 4.78 is 40.5. The number of alkyl carbamates (subject to hydrolysis) is 1. The molecule has 304 valence electrons. The molecule has 3 aliphatic heterocycles. The van der Waals surface area contributed by atoms with Gasteiger partial charge in [0, 0.05) is 23.3 Å². The van der Waals surface area contributed by atoms with Crippen molar-refractivity contribution in [3.63, 3.8) is 0 Å². The number of hydrogen-bond donors (Lipinski definition) is 3. The molecular weight excluding hydrogens is 735 g/mol. The lowest BCUT2D eigenvalue weighted by molar-refractivity contribution is -0.144. The Morgan fingerprint density at radius 3 is 2.54 bits per heavy atom. The van der Waals surface area contributed by atoms with E-state index in [0.29, 0.717) is 62.8 Å². The number of aryl methyl sites for hydroxylation is 3. The zero-order valence-electron chi connectivity index (χ0n) is 33.6. The highest BCUT2D eigenvalue weighted by Gasteiger charge is 2.59. The summed E-state index contributed by atoms with van der Waals surface area (Å²) in [5.41, 5.74) is 0.538. The van der Waals surface area contributed by atoms with Crippen molar-refractivity contribution in [1.29, 1.82) is 0 Å². The molecule has 56 heavy (non-hydrogen) atoms. The fourth-order valence-electron chi connectivity index (χ4n) is 8.78. The normalized spacial score (nSPS) is 29.6. The first-order valence-electron chi connectivity index (χ1n) is 20.3. The second kappa shape index (κ2) is 14.6. The van der Waals surface area contributed by atoms with E-state index in [1.165, 1.54) is 10.5 Å². The van der Waals surface area contributed by atoms with E-state index in [-0.39, 0.29) is 19.4 Å². The monoisotopic (exact) mass is 791 g/mol. The number of sulfonamides is 1. The van der Waals surface area contributed by atoms with Gasteiger partial charge in [0.2, 0.25) is 21.8 Å². The third-order valence-corrected chi connectivity index (χ3v) is 14.8. The van der Waals surface area contributed by atoms with Gasteiger partial charge in [-0.15, -0.1) is 0 Å². The summed E-state index contributed by atoms with van der Waals surface area (Å²) in [4.78, 5) is 63.3. The smallest absolute Gasteiger partial charge is 0.408 e. The zero-order valence-corrected chi connectivity index (χ0v) is 34.4. The molecule has 14 heteroatoms. The Bertz CT molecular complexity index is 2070. The number of pyridine rings is 1. The van der Waals surface area contributed by atoms with Gasteiger partial charge in [0.25, 0.3) is 5.91 Å². The molecule has 13 nitrogen and oxygen atoms in total. The molecule has 0 radical (unpaired) electrons. The number of nitrogens with zero attached hydrogens (tertiary/aromatic N) is 2. The number of hydrogen-bond acceptors (Lipinski definition) is 9. The third-order valence-electron chi connectivity index (χ3n) is 12.6. The highest BCUT2D eigenvalue weighted by molar-refractivity contribution is 7.91. The van der Waals surface area contributed by atoms with E-state index in [1.54, 1.807) is 27.7 Å².